The van der Waals surface area contributed by atoms with E-state index >= 15 is 0 Å². The van der Waals surface area contributed by atoms with Crippen LogP contribution in [0.3, 0.4) is 0 Å². The monoisotopic (exact) mass is 653 g/mol. The van der Waals surface area contributed by atoms with Crippen LogP contribution in [0, 0.1) is 17.8 Å². The normalized spacial score (nSPS) is 29.9. The van der Waals surface area contributed by atoms with Crippen molar-refractivity contribution in [1.29, 1.82) is 0 Å². The number of likely N-dealkylation sites (N-methyl/N-ethyl adjacent to an activating group) is 1. The van der Waals surface area contributed by atoms with Gasteiger partial charge in [-0.3, -0.25) is 19.3 Å². The van der Waals surface area contributed by atoms with Crippen LogP contribution in [-0.2, 0) is 25.5 Å². The Morgan fingerprint density at radius 1 is 1.26 bits per heavy atom. The Kier molecular flexibility index (Phi) is 8.01. The highest BCUT2D eigenvalue weighted by Crippen LogP contribution is 2.44. The van der Waals surface area contributed by atoms with Crippen molar-refractivity contribution in [3.05, 3.63) is 40.0 Å². The molecule has 3 aliphatic heterocycles. The van der Waals surface area contributed by atoms with Crippen LogP contribution >= 0.6 is 15.9 Å². The van der Waals surface area contributed by atoms with E-state index in [0.717, 1.165) is 53.3 Å². The van der Waals surface area contributed by atoms with Crippen LogP contribution in [0.5, 0.6) is 0 Å². The van der Waals surface area contributed by atoms with Crippen LogP contribution in [-0.4, -0.2) is 88.1 Å². The molecule has 232 valence electrons. The molecule has 2 N–H and O–H groups in total. The number of rotatable bonds is 8. The van der Waals surface area contributed by atoms with Gasteiger partial charge >= 0.3 is 0 Å². The van der Waals surface area contributed by atoms with Gasteiger partial charge in [-0.05, 0) is 84.3 Å². The van der Waals surface area contributed by atoms with E-state index in [4.69, 9.17) is 4.74 Å². The van der Waals surface area contributed by atoms with Gasteiger partial charge in [0, 0.05) is 42.0 Å². The number of carbonyl (C=O) groups is 3. The summed E-state index contributed by atoms with van der Waals surface area (Å²) in [6.45, 7) is 11.3. The SMILES string of the molecule is CC(C)C[C@@H](C)N1C(=O)[C@@](NC(=O)[C@@H]2C=C3c4cccc5[nH]c(Br)c(c45)C[C@H]3N(C)C2)(C(C)C)OC1[C@@H]1CCCN1C=O. The first-order chi connectivity index (χ1) is 20.5. The third kappa shape index (κ3) is 4.93. The van der Waals surface area contributed by atoms with E-state index in [1.807, 2.05) is 25.7 Å². The number of hydrogen-bond acceptors (Lipinski definition) is 5. The van der Waals surface area contributed by atoms with Crippen LogP contribution in [0.4, 0.5) is 0 Å². The molecule has 2 aromatic rings. The van der Waals surface area contributed by atoms with Gasteiger partial charge in [-0.25, -0.2) is 0 Å². The molecule has 3 amide bonds. The Labute approximate surface area is 262 Å². The lowest BCUT2D eigenvalue weighted by molar-refractivity contribution is -0.159. The number of carbonyl (C=O) groups excluding carboxylic acids is 3. The molecule has 1 aromatic heterocycles. The summed E-state index contributed by atoms with van der Waals surface area (Å²) in [5, 5.41) is 4.36. The highest BCUT2D eigenvalue weighted by molar-refractivity contribution is 9.10. The van der Waals surface area contributed by atoms with Gasteiger partial charge in [0.2, 0.25) is 18.0 Å². The number of hydrogen-bond donors (Lipinski definition) is 2. The Hall–Kier alpha value is -2.69. The molecule has 6 rings (SSSR count). The van der Waals surface area contributed by atoms with Crippen molar-refractivity contribution >= 4 is 50.6 Å². The molecule has 2 fully saturated rings. The van der Waals surface area contributed by atoms with Crippen molar-refractivity contribution in [2.45, 2.75) is 90.4 Å². The van der Waals surface area contributed by atoms with Crippen LogP contribution < -0.4 is 5.32 Å². The van der Waals surface area contributed by atoms with Gasteiger partial charge in [0.25, 0.3) is 5.91 Å². The first-order valence-corrected chi connectivity index (χ1v) is 16.5. The molecule has 1 aliphatic carbocycles. The summed E-state index contributed by atoms with van der Waals surface area (Å²) in [7, 11) is 2.07. The summed E-state index contributed by atoms with van der Waals surface area (Å²) in [5.41, 5.74) is 3.13. The zero-order valence-corrected chi connectivity index (χ0v) is 27.6. The predicted molar refractivity (Wildman–Crippen MR) is 170 cm³/mol. The minimum Gasteiger partial charge on any atom is -0.349 e. The van der Waals surface area contributed by atoms with Gasteiger partial charge in [0.05, 0.1) is 16.6 Å². The van der Waals surface area contributed by atoms with Crippen LogP contribution in [0.2, 0.25) is 0 Å². The lowest BCUT2D eigenvalue weighted by Crippen LogP contribution is -2.61. The molecule has 0 saturated carbocycles. The molecule has 4 heterocycles. The number of ether oxygens (including phenoxy) is 1. The van der Waals surface area contributed by atoms with E-state index in [1.54, 1.807) is 4.90 Å². The molecule has 10 heteroatoms. The molecular formula is C33H44BrN5O4. The lowest BCUT2D eigenvalue weighted by Gasteiger charge is -2.40. The average molecular weight is 655 g/mol. The predicted octanol–water partition coefficient (Wildman–Crippen LogP) is 4.51. The van der Waals surface area contributed by atoms with Gasteiger partial charge in [-0.2, -0.15) is 0 Å². The fourth-order valence-corrected chi connectivity index (χ4v) is 8.49. The molecule has 1 unspecified atom stereocenters. The Balaban J connectivity index is 1.34. The third-order valence-corrected chi connectivity index (χ3v) is 10.7. The van der Waals surface area contributed by atoms with E-state index in [-0.39, 0.29) is 35.9 Å². The van der Waals surface area contributed by atoms with Crippen molar-refractivity contribution in [1.82, 2.24) is 25.0 Å². The van der Waals surface area contributed by atoms with Crippen molar-refractivity contribution in [2.75, 3.05) is 20.1 Å². The Morgan fingerprint density at radius 3 is 2.72 bits per heavy atom. The number of fused-ring (bicyclic) bond motifs is 2. The lowest BCUT2D eigenvalue weighted by atomic mass is 9.79. The van der Waals surface area contributed by atoms with Crippen molar-refractivity contribution < 1.29 is 19.1 Å². The second kappa shape index (κ2) is 11.3. The summed E-state index contributed by atoms with van der Waals surface area (Å²) in [5.74, 6) is -0.842. The fraction of sp³-hybridized carbons (Fsp3) is 0.606. The zero-order chi connectivity index (χ0) is 30.8. The van der Waals surface area contributed by atoms with Crippen molar-refractivity contribution in [3.63, 3.8) is 0 Å². The van der Waals surface area contributed by atoms with Gasteiger partial charge in [0.1, 0.15) is 0 Å². The Morgan fingerprint density at radius 2 is 2.02 bits per heavy atom. The summed E-state index contributed by atoms with van der Waals surface area (Å²) >= 11 is 3.72. The smallest absolute Gasteiger partial charge is 0.278 e. The average Bonchev–Trinajstić information content (AvgIpc) is 3.64. The van der Waals surface area contributed by atoms with Crippen molar-refractivity contribution in [3.8, 4) is 0 Å². The molecule has 0 spiro atoms. The number of nitrogens with one attached hydrogen (secondary N) is 2. The molecule has 4 aliphatic rings. The van der Waals surface area contributed by atoms with E-state index in [9.17, 15) is 14.4 Å². The molecule has 0 radical (unpaired) electrons. The van der Waals surface area contributed by atoms with Crippen LogP contribution in [0.15, 0.2) is 28.9 Å². The van der Waals surface area contributed by atoms with E-state index in [0.29, 0.717) is 19.0 Å². The number of amides is 3. The van der Waals surface area contributed by atoms with E-state index in [1.165, 1.54) is 10.9 Å². The number of halogens is 1. The Bertz CT molecular complexity index is 1470. The second-order valence-electron chi connectivity index (χ2n) is 13.7. The zero-order valence-electron chi connectivity index (χ0n) is 26.0. The highest BCUT2D eigenvalue weighted by Gasteiger charge is 2.60. The largest absolute Gasteiger partial charge is 0.349 e. The first-order valence-electron chi connectivity index (χ1n) is 15.7. The van der Waals surface area contributed by atoms with Crippen LogP contribution in [0.25, 0.3) is 16.5 Å². The van der Waals surface area contributed by atoms with Gasteiger partial charge in [-0.1, -0.05) is 45.9 Å². The van der Waals surface area contributed by atoms with Gasteiger partial charge in [-0.15, -0.1) is 0 Å². The first kappa shape index (κ1) is 30.3. The fourth-order valence-electron chi connectivity index (χ4n) is 7.91. The van der Waals surface area contributed by atoms with Crippen molar-refractivity contribution in [2.24, 2.45) is 17.8 Å². The molecule has 43 heavy (non-hydrogen) atoms. The number of nitrogens with zero attached hydrogens (tertiary/aromatic N) is 3. The molecule has 9 nitrogen and oxygen atoms in total. The highest BCUT2D eigenvalue weighted by atomic mass is 79.9. The number of aromatic nitrogens is 1. The number of aromatic amines is 1. The standard InChI is InChI=1S/C33H44BrN5O4/c1-18(2)13-20(5)39-31(26-11-8-12-38(26)17-40)43-33(19(3)4,32(39)42)36-30(41)21-14-23-22-9-7-10-25-28(22)24(29(34)35-25)15-27(23)37(6)16-21/h7,9-10,14,17-21,26-27,31,35H,8,11-13,15-16H2,1-6H3,(H,36,41)/t20-,21-,26+,27-,31?,33-/m1/s1. The van der Waals surface area contributed by atoms with E-state index in [2.05, 4.69) is 76.3 Å². The molecule has 1 aromatic carbocycles. The van der Waals surface area contributed by atoms with Gasteiger partial charge in [0.15, 0.2) is 6.23 Å². The maximum absolute atomic E-state index is 14.5. The topological polar surface area (TPSA) is 98.0 Å². The number of benzene rings is 1. The summed E-state index contributed by atoms with van der Waals surface area (Å²) in [4.78, 5) is 49.9. The molecule has 2 saturated heterocycles. The van der Waals surface area contributed by atoms with Gasteiger partial charge < -0.3 is 24.8 Å². The maximum atomic E-state index is 14.5. The minimum atomic E-state index is -1.51. The van der Waals surface area contributed by atoms with Crippen LogP contribution in [0.1, 0.15) is 65.0 Å². The number of likely N-dealkylation sites (tertiary alicyclic amines) is 1. The van der Waals surface area contributed by atoms with E-state index < -0.39 is 17.9 Å². The summed E-state index contributed by atoms with van der Waals surface area (Å²) in [6, 6.07) is 6.08. The molecular weight excluding hydrogens is 610 g/mol. The summed E-state index contributed by atoms with van der Waals surface area (Å²) < 4.78 is 7.76. The molecule has 6 atom stereocenters. The maximum Gasteiger partial charge on any atom is 0.278 e. The quantitative estimate of drug-likeness (QED) is 0.409. The second-order valence-corrected chi connectivity index (χ2v) is 14.5. The minimum absolute atomic E-state index is 0.106. The molecule has 0 bridgehead atoms. The summed E-state index contributed by atoms with van der Waals surface area (Å²) in [6.07, 6.45) is 5.62. The number of H-pyrrole nitrogens is 1. The third-order valence-electron chi connectivity index (χ3n) is 10.0.